The molecule has 1 saturated carbocycles. The quantitative estimate of drug-likeness (QED) is 0.337. The zero-order valence-electron chi connectivity index (χ0n) is 14.9. The van der Waals surface area contributed by atoms with Gasteiger partial charge in [0.25, 0.3) is 0 Å². The molecule has 0 atom stereocenters. The van der Waals surface area contributed by atoms with E-state index in [0.717, 1.165) is 18.8 Å². The van der Waals surface area contributed by atoms with Crippen LogP contribution in [0, 0.1) is 5.92 Å². The molecule has 0 spiro atoms. The van der Waals surface area contributed by atoms with Crippen molar-refractivity contribution in [1.82, 2.24) is 0 Å². The molecule has 21 heavy (non-hydrogen) atoms. The number of ether oxygens (including phenoxy) is 1. The van der Waals surface area contributed by atoms with Gasteiger partial charge in [-0.25, -0.2) is 0 Å². The second-order valence-electron chi connectivity index (χ2n) is 5.28. The Hall–Kier alpha value is -1.05. The molecule has 1 fully saturated rings. The number of carbonyl (C=O) groups excluding carboxylic acids is 1. The SMILES string of the molecule is C/C=C\CCCC(=O)OC(C)C.C=CC1CCCC1.CC. The van der Waals surface area contributed by atoms with Gasteiger partial charge in [-0.15, -0.1) is 6.58 Å². The summed E-state index contributed by atoms with van der Waals surface area (Å²) in [5.74, 6) is 0.773. The first-order chi connectivity index (χ1) is 10.1. The summed E-state index contributed by atoms with van der Waals surface area (Å²) in [6, 6.07) is 0. The van der Waals surface area contributed by atoms with Gasteiger partial charge in [-0.3, -0.25) is 4.79 Å². The van der Waals surface area contributed by atoms with E-state index < -0.39 is 0 Å². The first kappa shape index (κ1) is 22.2. The average Bonchev–Trinajstić information content (AvgIpc) is 2.99. The summed E-state index contributed by atoms with van der Waals surface area (Å²) in [6.07, 6.45) is 14.2. The highest BCUT2D eigenvalue weighted by molar-refractivity contribution is 5.69. The van der Waals surface area contributed by atoms with Crippen LogP contribution in [-0.4, -0.2) is 12.1 Å². The number of unbranched alkanes of at least 4 members (excludes halogenated alkanes) is 1. The summed E-state index contributed by atoms with van der Waals surface area (Å²) in [5.41, 5.74) is 0. The summed E-state index contributed by atoms with van der Waals surface area (Å²) >= 11 is 0. The minimum Gasteiger partial charge on any atom is -0.463 e. The smallest absolute Gasteiger partial charge is 0.306 e. The van der Waals surface area contributed by atoms with Crippen LogP contribution in [0.4, 0.5) is 0 Å². The zero-order chi connectivity index (χ0) is 16.5. The normalized spacial score (nSPS) is 14.2. The standard InChI is InChI=1S/C10H18O2.C7H12.C2H6/c1-4-5-6-7-8-10(11)12-9(2)3;1-2-7-5-3-4-6-7;1-2/h4-5,9H,6-8H2,1-3H3;2,7H,1,3-6H2;1-2H3/b5-4-;;. The molecule has 0 aliphatic heterocycles. The van der Waals surface area contributed by atoms with Gasteiger partial charge in [-0.05, 0) is 52.4 Å². The van der Waals surface area contributed by atoms with Gasteiger partial charge >= 0.3 is 5.97 Å². The van der Waals surface area contributed by atoms with Crippen LogP contribution in [-0.2, 0) is 9.53 Å². The van der Waals surface area contributed by atoms with Crippen molar-refractivity contribution in [2.24, 2.45) is 5.92 Å². The molecule has 0 aromatic rings. The number of hydrogen-bond donors (Lipinski definition) is 0. The van der Waals surface area contributed by atoms with Gasteiger partial charge in [0.15, 0.2) is 0 Å². The molecule has 0 amide bonds. The van der Waals surface area contributed by atoms with Gasteiger partial charge in [-0.1, -0.05) is 44.9 Å². The van der Waals surface area contributed by atoms with Crippen LogP contribution in [0.3, 0.4) is 0 Å². The minimum absolute atomic E-state index is 0.0132. The molecule has 1 rings (SSSR count). The predicted octanol–water partition coefficient (Wildman–Crippen LogP) is 6.07. The third-order valence-electron chi connectivity index (χ3n) is 3.09. The largest absolute Gasteiger partial charge is 0.463 e. The molecule has 0 N–H and O–H groups in total. The summed E-state index contributed by atoms with van der Waals surface area (Å²) in [7, 11) is 0. The maximum atomic E-state index is 11.0. The Balaban J connectivity index is 0. The Bertz CT molecular complexity index is 261. The molecule has 0 aromatic heterocycles. The maximum Gasteiger partial charge on any atom is 0.306 e. The summed E-state index contributed by atoms with van der Waals surface area (Å²) in [6.45, 7) is 13.5. The van der Waals surface area contributed by atoms with E-state index >= 15 is 0 Å². The van der Waals surface area contributed by atoms with Crippen molar-refractivity contribution in [1.29, 1.82) is 0 Å². The highest BCUT2D eigenvalue weighted by Gasteiger charge is 2.09. The van der Waals surface area contributed by atoms with Crippen molar-refractivity contribution in [3.05, 3.63) is 24.8 Å². The van der Waals surface area contributed by atoms with Crippen LogP contribution in [0.15, 0.2) is 24.8 Å². The molecule has 1 aliphatic rings. The van der Waals surface area contributed by atoms with E-state index in [4.69, 9.17) is 4.74 Å². The molecule has 0 unspecified atom stereocenters. The van der Waals surface area contributed by atoms with Crippen LogP contribution >= 0.6 is 0 Å². The fraction of sp³-hybridized carbons (Fsp3) is 0.737. The maximum absolute atomic E-state index is 11.0. The molecule has 0 aromatic carbocycles. The number of allylic oxidation sites excluding steroid dienone is 3. The lowest BCUT2D eigenvalue weighted by molar-refractivity contribution is -0.147. The van der Waals surface area contributed by atoms with E-state index in [1.54, 1.807) is 0 Å². The van der Waals surface area contributed by atoms with Crippen molar-refractivity contribution < 1.29 is 9.53 Å². The topological polar surface area (TPSA) is 26.3 Å². The van der Waals surface area contributed by atoms with Gasteiger partial charge in [0.1, 0.15) is 0 Å². The zero-order valence-corrected chi connectivity index (χ0v) is 14.9. The van der Waals surface area contributed by atoms with Gasteiger partial charge in [0.05, 0.1) is 6.10 Å². The Kier molecular flexibility index (Phi) is 18.0. The average molecular weight is 296 g/mol. The highest BCUT2D eigenvalue weighted by Crippen LogP contribution is 2.24. The van der Waals surface area contributed by atoms with Gasteiger partial charge in [-0.2, -0.15) is 0 Å². The highest BCUT2D eigenvalue weighted by atomic mass is 16.5. The van der Waals surface area contributed by atoms with Crippen LogP contribution in [0.25, 0.3) is 0 Å². The number of hydrogen-bond acceptors (Lipinski definition) is 2. The van der Waals surface area contributed by atoms with Crippen LogP contribution in [0.1, 0.15) is 79.6 Å². The molecular formula is C19H36O2. The first-order valence-corrected chi connectivity index (χ1v) is 8.53. The monoisotopic (exact) mass is 296 g/mol. The first-order valence-electron chi connectivity index (χ1n) is 8.53. The summed E-state index contributed by atoms with van der Waals surface area (Å²) < 4.78 is 4.97. The summed E-state index contributed by atoms with van der Waals surface area (Å²) in [4.78, 5) is 11.0. The second-order valence-corrected chi connectivity index (χ2v) is 5.28. The third kappa shape index (κ3) is 16.9. The molecule has 2 heteroatoms. The number of carbonyl (C=O) groups is 1. The Morgan fingerprint density at radius 1 is 1.29 bits per heavy atom. The van der Waals surface area contributed by atoms with E-state index in [-0.39, 0.29) is 12.1 Å². The Morgan fingerprint density at radius 2 is 1.86 bits per heavy atom. The number of esters is 1. The molecule has 0 bridgehead atoms. The molecule has 1 aliphatic carbocycles. The molecule has 124 valence electrons. The van der Waals surface area contributed by atoms with E-state index in [9.17, 15) is 4.79 Å². The Morgan fingerprint density at radius 3 is 2.24 bits per heavy atom. The second kappa shape index (κ2) is 17.0. The molecular weight excluding hydrogens is 260 g/mol. The lowest BCUT2D eigenvalue weighted by Gasteiger charge is -2.06. The lowest BCUT2D eigenvalue weighted by atomic mass is 10.1. The van der Waals surface area contributed by atoms with Crippen LogP contribution < -0.4 is 0 Å². The third-order valence-corrected chi connectivity index (χ3v) is 3.09. The van der Waals surface area contributed by atoms with Gasteiger partial charge in [0.2, 0.25) is 0 Å². The van der Waals surface area contributed by atoms with Crippen molar-refractivity contribution in [2.45, 2.75) is 85.7 Å². The molecule has 2 nitrogen and oxygen atoms in total. The van der Waals surface area contributed by atoms with Crippen molar-refractivity contribution in [2.75, 3.05) is 0 Å². The van der Waals surface area contributed by atoms with Crippen molar-refractivity contribution in [3.8, 4) is 0 Å². The van der Waals surface area contributed by atoms with Crippen molar-refractivity contribution in [3.63, 3.8) is 0 Å². The van der Waals surface area contributed by atoms with Crippen molar-refractivity contribution >= 4 is 5.97 Å². The predicted molar refractivity (Wildman–Crippen MR) is 93.4 cm³/mol. The number of rotatable bonds is 6. The van der Waals surface area contributed by atoms with Gasteiger partial charge in [0, 0.05) is 6.42 Å². The van der Waals surface area contributed by atoms with E-state index in [1.165, 1.54) is 25.7 Å². The lowest BCUT2D eigenvalue weighted by Crippen LogP contribution is -2.10. The molecule has 0 saturated heterocycles. The van der Waals surface area contributed by atoms with E-state index in [0.29, 0.717) is 6.42 Å². The van der Waals surface area contributed by atoms with Crippen LogP contribution in [0.5, 0.6) is 0 Å². The van der Waals surface area contributed by atoms with E-state index in [2.05, 4.69) is 18.7 Å². The van der Waals surface area contributed by atoms with Gasteiger partial charge < -0.3 is 4.74 Å². The fourth-order valence-electron chi connectivity index (χ4n) is 2.05. The minimum atomic E-state index is -0.0884. The molecule has 0 heterocycles. The summed E-state index contributed by atoms with van der Waals surface area (Å²) in [5, 5.41) is 0. The molecule has 0 radical (unpaired) electrons. The fourth-order valence-corrected chi connectivity index (χ4v) is 2.05. The van der Waals surface area contributed by atoms with Crippen LogP contribution in [0.2, 0.25) is 0 Å². The van der Waals surface area contributed by atoms with E-state index in [1.807, 2.05) is 40.7 Å². The Labute approximate surface area is 132 Å².